The highest BCUT2D eigenvalue weighted by Crippen LogP contribution is 2.17. The van der Waals surface area contributed by atoms with Crippen molar-refractivity contribution >= 4 is 16.9 Å². The Hall–Kier alpha value is -1.88. The molecule has 1 unspecified atom stereocenters. The lowest BCUT2D eigenvalue weighted by Gasteiger charge is -2.17. The smallest absolute Gasteiger partial charge is 0.243 e. The van der Waals surface area contributed by atoms with Gasteiger partial charge in [-0.25, -0.2) is 4.98 Å². The van der Waals surface area contributed by atoms with E-state index in [9.17, 15) is 4.79 Å². The maximum absolute atomic E-state index is 12.0. The summed E-state index contributed by atoms with van der Waals surface area (Å²) in [7, 11) is 0. The van der Waals surface area contributed by atoms with E-state index in [-0.39, 0.29) is 24.6 Å². The first-order valence-corrected chi connectivity index (χ1v) is 5.96. The summed E-state index contributed by atoms with van der Waals surface area (Å²) < 4.78 is 1.83. The fraction of sp³-hybridized carbons (Fsp3) is 0.385. The van der Waals surface area contributed by atoms with E-state index in [0.29, 0.717) is 0 Å². The van der Waals surface area contributed by atoms with Crippen LogP contribution in [0.4, 0.5) is 0 Å². The summed E-state index contributed by atoms with van der Waals surface area (Å²) in [4.78, 5) is 16.2. The molecule has 0 radical (unpaired) electrons. The number of imidazole rings is 1. The molecule has 0 spiro atoms. The summed E-state index contributed by atoms with van der Waals surface area (Å²) in [6.07, 6.45) is 1.67. The van der Waals surface area contributed by atoms with E-state index in [1.807, 2.05) is 35.8 Å². The van der Waals surface area contributed by atoms with Gasteiger partial charge in [0, 0.05) is 6.04 Å². The van der Waals surface area contributed by atoms with Gasteiger partial charge in [-0.05, 0) is 26.0 Å². The van der Waals surface area contributed by atoms with Gasteiger partial charge in [0.1, 0.15) is 6.04 Å². The number of carbonyl (C=O) groups is 1. The molecule has 1 amide bonds. The Balaban J connectivity index is 2.23. The summed E-state index contributed by atoms with van der Waals surface area (Å²) >= 11 is 0. The van der Waals surface area contributed by atoms with Crippen molar-refractivity contribution in [3.05, 3.63) is 30.6 Å². The number of hydrogen-bond donors (Lipinski definition) is 2. The van der Waals surface area contributed by atoms with Crippen molar-refractivity contribution in [2.75, 3.05) is 6.61 Å². The van der Waals surface area contributed by atoms with Gasteiger partial charge in [0.2, 0.25) is 5.91 Å². The lowest BCUT2D eigenvalue weighted by Crippen LogP contribution is -2.39. The zero-order valence-corrected chi connectivity index (χ0v) is 10.5. The van der Waals surface area contributed by atoms with Crippen molar-refractivity contribution in [2.24, 2.45) is 0 Å². The molecule has 0 fully saturated rings. The third kappa shape index (κ3) is 2.36. The average molecular weight is 247 g/mol. The third-order valence-corrected chi connectivity index (χ3v) is 2.94. The van der Waals surface area contributed by atoms with Crippen LogP contribution < -0.4 is 5.32 Å². The number of amides is 1. The minimum absolute atomic E-state index is 0.0663. The van der Waals surface area contributed by atoms with Gasteiger partial charge in [0.15, 0.2) is 0 Å². The molecule has 1 heterocycles. The van der Waals surface area contributed by atoms with Crippen LogP contribution in [0.25, 0.3) is 11.0 Å². The predicted molar refractivity (Wildman–Crippen MR) is 69.1 cm³/mol. The summed E-state index contributed by atoms with van der Waals surface area (Å²) in [6, 6.07) is 7.08. The number of carbonyl (C=O) groups excluding carboxylic acids is 1. The van der Waals surface area contributed by atoms with Crippen molar-refractivity contribution in [1.29, 1.82) is 0 Å². The third-order valence-electron chi connectivity index (χ3n) is 2.94. The number of aromatic nitrogens is 2. The normalized spacial score (nSPS) is 14.4. The molecule has 0 saturated carbocycles. The van der Waals surface area contributed by atoms with Crippen molar-refractivity contribution in [3.63, 3.8) is 0 Å². The SMILES string of the molecule is CC(C(=O)N[C@H](C)CO)n1cnc2ccccc21. The number of rotatable bonds is 4. The lowest BCUT2D eigenvalue weighted by molar-refractivity contribution is -0.124. The standard InChI is InChI=1S/C13H17N3O2/c1-9(7-17)15-13(18)10(2)16-8-14-11-5-3-4-6-12(11)16/h3-6,8-10,17H,7H2,1-2H3,(H,15,18)/t9-,10?/m1/s1. The first-order valence-electron chi connectivity index (χ1n) is 5.96. The summed E-state index contributed by atoms with van der Waals surface area (Å²) in [5.74, 6) is -0.125. The largest absolute Gasteiger partial charge is 0.394 e. The molecule has 18 heavy (non-hydrogen) atoms. The predicted octanol–water partition coefficient (Wildman–Crippen LogP) is 1.09. The van der Waals surface area contributed by atoms with Crippen molar-refractivity contribution in [3.8, 4) is 0 Å². The Morgan fingerprint density at radius 3 is 2.89 bits per heavy atom. The Kier molecular flexibility index (Phi) is 3.62. The molecule has 5 nitrogen and oxygen atoms in total. The quantitative estimate of drug-likeness (QED) is 0.850. The number of para-hydroxylation sites is 2. The molecule has 0 aliphatic heterocycles. The van der Waals surface area contributed by atoms with Crippen LogP contribution in [-0.2, 0) is 4.79 Å². The van der Waals surface area contributed by atoms with E-state index < -0.39 is 0 Å². The van der Waals surface area contributed by atoms with E-state index in [2.05, 4.69) is 10.3 Å². The van der Waals surface area contributed by atoms with Crippen LogP contribution in [0.15, 0.2) is 30.6 Å². The highest BCUT2D eigenvalue weighted by atomic mass is 16.3. The van der Waals surface area contributed by atoms with Crippen LogP contribution in [-0.4, -0.2) is 33.2 Å². The zero-order valence-electron chi connectivity index (χ0n) is 10.5. The molecule has 96 valence electrons. The maximum Gasteiger partial charge on any atom is 0.243 e. The highest BCUT2D eigenvalue weighted by molar-refractivity contribution is 5.83. The van der Waals surface area contributed by atoms with Gasteiger partial charge < -0.3 is 15.0 Å². The van der Waals surface area contributed by atoms with E-state index in [1.54, 1.807) is 13.3 Å². The minimum atomic E-state index is -0.355. The fourth-order valence-corrected chi connectivity index (χ4v) is 1.82. The van der Waals surface area contributed by atoms with E-state index >= 15 is 0 Å². The van der Waals surface area contributed by atoms with Gasteiger partial charge in [-0.2, -0.15) is 0 Å². The number of benzene rings is 1. The van der Waals surface area contributed by atoms with Crippen LogP contribution in [0.3, 0.4) is 0 Å². The van der Waals surface area contributed by atoms with Crippen LogP contribution in [0.2, 0.25) is 0 Å². The average Bonchev–Trinajstić information content (AvgIpc) is 2.81. The Labute approximate surface area is 105 Å². The van der Waals surface area contributed by atoms with Gasteiger partial charge >= 0.3 is 0 Å². The molecule has 2 rings (SSSR count). The van der Waals surface area contributed by atoms with Gasteiger partial charge in [-0.1, -0.05) is 12.1 Å². The molecule has 0 bridgehead atoms. The van der Waals surface area contributed by atoms with Crippen molar-refractivity contribution in [1.82, 2.24) is 14.9 Å². The molecule has 0 aliphatic carbocycles. The molecular formula is C13H17N3O2. The number of aliphatic hydroxyl groups is 1. The monoisotopic (exact) mass is 247 g/mol. The van der Waals surface area contributed by atoms with Crippen LogP contribution in [0.5, 0.6) is 0 Å². The Morgan fingerprint density at radius 2 is 2.17 bits per heavy atom. The van der Waals surface area contributed by atoms with E-state index in [0.717, 1.165) is 11.0 Å². The first-order chi connectivity index (χ1) is 8.63. The second-order valence-electron chi connectivity index (χ2n) is 4.41. The second kappa shape index (κ2) is 5.18. The Bertz CT molecular complexity index is 550. The summed E-state index contributed by atoms with van der Waals surface area (Å²) in [5.41, 5.74) is 1.80. The fourth-order valence-electron chi connectivity index (χ4n) is 1.82. The molecule has 5 heteroatoms. The summed E-state index contributed by atoms with van der Waals surface area (Å²) in [6.45, 7) is 3.51. The molecule has 1 aromatic carbocycles. The van der Waals surface area contributed by atoms with Gasteiger partial charge in [-0.15, -0.1) is 0 Å². The molecule has 2 atom stereocenters. The van der Waals surface area contributed by atoms with Crippen LogP contribution in [0.1, 0.15) is 19.9 Å². The lowest BCUT2D eigenvalue weighted by atomic mass is 10.2. The van der Waals surface area contributed by atoms with Crippen LogP contribution >= 0.6 is 0 Å². The number of nitrogens with one attached hydrogen (secondary N) is 1. The molecule has 2 N–H and O–H groups in total. The topological polar surface area (TPSA) is 67.2 Å². The molecular weight excluding hydrogens is 230 g/mol. The maximum atomic E-state index is 12.0. The van der Waals surface area contributed by atoms with Gasteiger partial charge in [0.05, 0.1) is 24.0 Å². The van der Waals surface area contributed by atoms with Gasteiger partial charge in [-0.3, -0.25) is 4.79 Å². The number of fused-ring (bicyclic) bond motifs is 1. The number of hydrogen-bond acceptors (Lipinski definition) is 3. The Morgan fingerprint density at radius 1 is 1.44 bits per heavy atom. The summed E-state index contributed by atoms with van der Waals surface area (Å²) in [5, 5.41) is 11.7. The minimum Gasteiger partial charge on any atom is -0.394 e. The van der Waals surface area contributed by atoms with E-state index in [1.165, 1.54) is 0 Å². The first kappa shape index (κ1) is 12.6. The number of aliphatic hydroxyl groups excluding tert-OH is 1. The number of nitrogens with zero attached hydrogens (tertiary/aromatic N) is 2. The highest BCUT2D eigenvalue weighted by Gasteiger charge is 2.18. The molecule has 0 aliphatic rings. The van der Waals surface area contributed by atoms with E-state index in [4.69, 9.17) is 5.11 Å². The molecule has 1 aromatic heterocycles. The van der Waals surface area contributed by atoms with Crippen LogP contribution in [0, 0.1) is 0 Å². The van der Waals surface area contributed by atoms with Crippen molar-refractivity contribution < 1.29 is 9.90 Å². The molecule has 0 saturated heterocycles. The second-order valence-corrected chi connectivity index (χ2v) is 4.41. The molecule has 2 aromatic rings. The zero-order chi connectivity index (χ0) is 13.1. The van der Waals surface area contributed by atoms with Crippen molar-refractivity contribution in [2.45, 2.75) is 25.9 Å². The van der Waals surface area contributed by atoms with Gasteiger partial charge in [0.25, 0.3) is 0 Å².